The summed E-state index contributed by atoms with van der Waals surface area (Å²) in [5.41, 5.74) is 2.59. The predicted octanol–water partition coefficient (Wildman–Crippen LogP) is 3.45. The van der Waals surface area contributed by atoms with Crippen LogP contribution in [0.3, 0.4) is 0 Å². The zero-order chi connectivity index (χ0) is 17.9. The van der Waals surface area contributed by atoms with Crippen LogP contribution in [0.4, 0.5) is 0 Å². The van der Waals surface area contributed by atoms with Gasteiger partial charge in [0.15, 0.2) is 0 Å². The highest BCUT2D eigenvalue weighted by Gasteiger charge is 2.22. The lowest BCUT2D eigenvalue weighted by molar-refractivity contribution is 0.0933. The van der Waals surface area contributed by atoms with E-state index in [0.717, 1.165) is 22.2 Å². The van der Waals surface area contributed by atoms with Crippen LogP contribution in [0.15, 0.2) is 71.7 Å². The zero-order valence-corrected chi connectivity index (χ0v) is 14.1. The van der Waals surface area contributed by atoms with Gasteiger partial charge in [-0.3, -0.25) is 14.8 Å². The topological polar surface area (TPSA) is 80.9 Å². The van der Waals surface area contributed by atoms with E-state index in [4.69, 9.17) is 4.42 Å². The van der Waals surface area contributed by atoms with Crippen molar-refractivity contribution in [2.75, 3.05) is 0 Å². The van der Waals surface area contributed by atoms with Crippen molar-refractivity contribution < 1.29 is 9.21 Å². The number of carbonyl (C=O) groups excluding carboxylic acids is 1. The Morgan fingerprint density at radius 3 is 2.69 bits per heavy atom. The first-order valence-corrected chi connectivity index (χ1v) is 8.18. The van der Waals surface area contributed by atoms with Crippen LogP contribution >= 0.6 is 0 Å². The molecular weight excluding hydrogens is 328 g/mol. The Balaban J connectivity index is 1.71. The second-order valence-electron chi connectivity index (χ2n) is 5.92. The molecule has 0 aliphatic heterocycles. The first-order valence-electron chi connectivity index (χ1n) is 8.18. The molecule has 1 aromatic carbocycles. The molecule has 0 bridgehead atoms. The number of fused-ring (bicyclic) bond motifs is 1. The van der Waals surface area contributed by atoms with E-state index in [2.05, 4.69) is 20.3 Å². The van der Waals surface area contributed by atoms with Crippen LogP contribution in [-0.2, 0) is 0 Å². The molecular formula is C20H16N4O2. The van der Waals surface area contributed by atoms with E-state index in [1.54, 1.807) is 18.6 Å². The van der Waals surface area contributed by atoms with E-state index < -0.39 is 6.04 Å². The molecule has 0 unspecified atom stereocenters. The van der Waals surface area contributed by atoms with E-state index in [9.17, 15) is 4.79 Å². The number of benzene rings is 1. The van der Waals surface area contributed by atoms with E-state index in [1.807, 2.05) is 49.4 Å². The molecule has 128 valence electrons. The van der Waals surface area contributed by atoms with Gasteiger partial charge in [0.25, 0.3) is 5.91 Å². The Hall–Kier alpha value is -3.54. The van der Waals surface area contributed by atoms with Crippen LogP contribution in [0.5, 0.6) is 0 Å². The maximum atomic E-state index is 12.7. The summed E-state index contributed by atoms with van der Waals surface area (Å²) in [5, 5.41) is 3.94. The summed E-state index contributed by atoms with van der Waals surface area (Å²) < 4.78 is 5.96. The van der Waals surface area contributed by atoms with Crippen LogP contribution in [0.25, 0.3) is 11.0 Å². The molecule has 3 heterocycles. The quantitative estimate of drug-likeness (QED) is 0.613. The van der Waals surface area contributed by atoms with Crippen molar-refractivity contribution in [2.45, 2.75) is 13.0 Å². The molecule has 0 spiro atoms. The summed E-state index contributed by atoms with van der Waals surface area (Å²) in [5.74, 6) is 0.305. The molecule has 0 aliphatic rings. The summed E-state index contributed by atoms with van der Waals surface area (Å²) >= 11 is 0. The lowest BCUT2D eigenvalue weighted by atomic mass is 10.1. The van der Waals surface area contributed by atoms with Crippen molar-refractivity contribution in [1.29, 1.82) is 0 Å². The third-order valence-corrected chi connectivity index (χ3v) is 4.04. The minimum atomic E-state index is -0.480. The molecule has 6 heteroatoms. The number of pyridine rings is 1. The molecule has 1 N–H and O–H groups in total. The molecule has 0 saturated heterocycles. The highest BCUT2D eigenvalue weighted by molar-refractivity contribution is 5.92. The first kappa shape index (κ1) is 16.0. The predicted molar refractivity (Wildman–Crippen MR) is 96.5 cm³/mol. The van der Waals surface area contributed by atoms with Crippen molar-refractivity contribution in [3.05, 3.63) is 90.0 Å². The fourth-order valence-corrected chi connectivity index (χ4v) is 2.73. The van der Waals surface area contributed by atoms with Gasteiger partial charge in [-0.2, -0.15) is 0 Å². The van der Waals surface area contributed by atoms with Gasteiger partial charge in [-0.1, -0.05) is 24.3 Å². The van der Waals surface area contributed by atoms with E-state index in [1.165, 1.54) is 6.20 Å². The number of aromatic nitrogens is 3. The fourth-order valence-electron chi connectivity index (χ4n) is 2.73. The number of aryl methyl sites for hydroxylation is 1. The summed E-state index contributed by atoms with van der Waals surface area (Å²) in [6.45, 7) is 1.82. The van der Waals surface area contributed by atoms with Gasteiger partial charge in [-0.25, -0.2) is 4.98 Å². The van der Waals surface area contributed by atoms with E-state index in [-0.39, 0.29) is 11.6 Å². The van der Waals surface area contributed by atoms with Gasteiger partial charge < -0.3 is 9.73 Å². The van der Waals surface area contributed by atoms with Gasteiger partial charge in [-0.15, -0.1) is 0 Å². The Labute approximate surface area is 149 Å². The van der Waals surface area contributed by atoms with Gasteiger partial charge >= 0.3 is 0 Å². The molecule has 0 radical (unpaired) electrons. The summed E-state index contributed by atoms with van der Waals surface area (Å²) in [6.07, 6.45) is 6.42. The number of hydrogen-bond acceptors (Lipinski definition) is 5. The standard InChI is InChI=1S/C20H16N4O2/c1-13-10-23-16(12-22-13)20(25)24-19(15-6-4-8-21-11-15)18-9-14-5-2-3-7-17(14)26-18/h2-12,19H,1H3,(H,24,25)/t19-/m0/s1. The number of rotatable bonds is 4. The molecule has 3 aromatic heterocycles. The average molecular weight is 344 g/mol. The number of amides is 1. The Kier molecular flexibility index (Phi) is 4.15. The molecule has 0 fully saturated rings. The number of nitrogens with one attached hydrogen (secondary N) is 1. The summed E-state index contributed by atoms with van der Waals surface area (Å²) in [7, 11) is 0. The Morgan fingerprint density at radius 1 is 1.08 bits per heavy atom. The smallest absolute Gasteiger partial charge is 0.272 e. The van der Waals surface area contributed by atoms with Crippen molar-refractivity contribution in [1.82, 2.24) is 20.3 Å². The molecule has 0 aliphatic carbocycles. The molecule has 0 saturated carbocycles. The van der Waals surface area contributed by atoms with Crippen LogP contribution in [0, 0.1) is 6.92 Å². The van der Waals surface area contributed by atoms with Crippen molar-refractivity contribution in [3.8, 4) is 0 Å². The maximum absolute atomic E-state index is 12.7. The van der Waals surface area contributed by atoms with Crippen LogP contribution in [0.1, 0.15) is 33.5 Å². The molecule has 4 aromatic rings. The zero-order valence-electron chi connectivity index (χ0n) is 14.1. The second-order valence-corrected chi connectivity index (χ2v) is 5.92. The number of para-hydroxylation sites is 1. The van der Waals surface area contributed by atoms with Crippen molar-refractivity contribution in [2.24, 2.45) is 0 Å². The van der Waals surface area contributed by atoms with E-state index >= 15 is 0 Å². The molecule has 4 rings (SSSR count). The van der Waals surface area contributed by atoms with Crippen LogP contribution in [-0.4, -0.2) is 20.9 Å². The highest BCUT2D eigenvalue weighted by atomic mass is 16.3. The summed E-state index contributed by atoms with van der Waals surface area (Å²) in [4.78, 5) is 25.1. The average Bonchev–Trinajstić information content (AvgIpc) is 3.11. The SMILES string of the molecule is Cc1cnc(C(=O)N[C@@H](c2cccnc2)c2cc3ccccc3o2)cn1. The monoisotopic (exact) mass is 344 g/mol. The third-order valence-electron chi connectivity index (χ3n) is 4.04. The minimum absolute atomic E-state index is 0.251. The second kappa shape index (κ2) is 6.76. The lowest BCUT2D eigenvalue weighted by Crippen LogP contribution is -2.30. The van der Waals surface area contributed by atoms with Crippen molar-refractivity contribution >= 4 is 16.9 Å². The molecule has 1 amide bonds. The largest absolute Gasteiger partial charge is 0.459 e. The summed E-state index contributed by atoms with van der Waals surface area (Å²) in [6, 6.07) is 12.9. The molecule has 6 nitrogen and oxygen atoms in total. The third kappa shape index (κ3) is 3.17. The molecule has 26 heavy (non-hydrogen) atoms. The number of nitrogens with zero attached hydrogens (tertiary/aromatic N) is 3. The van der Waals surface area contributed by atoms with Gasteiger partial charge in [0.2, 0.25) is 0 Å². The highest BCUT2D eigenvalue weighted by Crippen LogP contribution is 2.28. The Morgan fingerprint density at radius 2 is 1.96 bits per heavy atom. The fraction of sp³-hybridized carbons (Fsp3) is 0.100. The van der Waals surface area contributed by atoms with Crippen LogP contribution < -0.4 is 5.32 Å². The van der Waals surface area contributed by atoms with E-state index in [0.29, 0.717) is 5.76 Å². The lowest BCUT2D eigenvalue weighted by Gasteiger charge is -2.16. The minimum Gasteiger partial charge on any atom is -0.459 e. The van der Waals surface area contributed by atoms with Gasteiger partial charge in [0.1, 0.15) is 23.1 Å². The first-order chi connectivity index (χ1) is 12.7. The van der Waals surface area contributed by atoms with Gasteiger partial charge in [0, 0.05) is 29.5 Å². The number of carbonyl (C=O) groups is 1. The molecule has 1 atom stereocenters. The van der Waals surface area contributed by atoms with Crippen molar-refractivity contribution in [3.63, 3.8) is 0 Å². The number of hydrogen-bond donors (Lipinski definition) is 1. The van der Waals surface area contributed by atoms with Gasteiger partial charge in [0.05, 0.1) is 11.9 Å². The number of furan rings is 1. The van der Waals surface area contributed by atoms with Gasteiger partial charge in [-0.05, 0) is 25.1 Å². The maximum Gasteiger partial charge on any atom is 0.272 e. The Bertz CT molecular complexity index is 1010. The normalized spacial score (nSPS) is 12.0. The van der Waals surface area contributed by atoms with Crippen LogP contribution in [0.2, 0.25) is 0 Å².